The highest BCUT2D eigenvalue weighted by Crippen LogP contribution is 2.25. The third kappa shape index (κ3) is 7.98. The van der Waals surface area contributed by atoms with Gasteiger partial charge in [0.25, 0.3) is 5.91 Å². The lowest BCUT2D eigenvalue weighted by atomic mass is 9.94. The molecule has 3 rings (SSSR count). The summed E-state index contributed by atoms with van der Waals surface area (Å²) in [5.41, 5.74) is 0.930. The number of aliphatic hydroxyl groups excluding tert-OH is 1. The first-order valence-corrected chi connectivity index (χ1v) is 13.5. The molecule has 0 saturated carbocycles. The Bertz CT molecular complexity index is 1150. The number of fused-ring (bicyclic) bond motifs is 3. The van der Waals surface area contributed by atoms with Gasteiger partial charge in [-0.05, 0) is 31.8 Å². The molecule has 0 spiro atoms. The number of ketones is 1. The number of carbonyl (C=O) groups is 4. The number of aromatic amines is 1. The van der Waals surface area contributed by atoms with Crippen molar-refractivity contribution < 1.29 is 29.0 Å². The van der Waals surface area contributed by atoms with E-state index in [1.54, 1.807) is 38.2 Å². The molecule has 1 saturated heterocycles. The van der Waals surface area contributed by atoms with E-state index in [0.29, 0.717) is 25.2 Å². The lowest BCUT2D eigenvalue weighted by Gasteiger charge is -2.29. The Balaban J connectivity index is 1.88. The topological polar surface area (TPSA) is 142 Å². The number of carbonyl (C=O) groups excluding carboxylic acids is 4. The number of rotatable bonds is 1. The number of hydrogen-bond acceptors (Lipinski definition) is 7. The summed E-state index contributed by atoms with van der Waals surface area (Å²) in [7, 11) is 0. The van der Waals surface area contributed by atoms with Crippen molar-refractivity contribution in [2.24, 2.45) is 17.8 Å². The predicted octanol–water partition coefficient (Wildman–Crippen LogP) is 2.52. The molecule has 0 aliphatic carbocycles. The number of Topliss-reactive ketones (excluding diaryl/α,β-unsaturated/α-hetero) is 1. The summed E-state index contributed by atoms with van der Waals surface area (Å²) in [4.78, 5) is 60.2. The van der Waals surface area contributed by atoms with Crippen LogP contribution in [0, 0.1) is 17.8 Å². The summed E-state index contributed by atoms with van der Waals surface area (Å²) in [6, 6.07) is -0.731. The number of ether oxygens (including phenoxy) is 1. The van der Waals surface area contributed by atoms with Gasteiger partial charge in [-0.1, -0.05) is 57.6 Å². The van der Waals surface area contributed by atoms with Gasteiger partial charge in [0.2, 0.25) is 5.91 Å². The third-order valence-electron chi connectivity index (χ3n) is 7.19. The zero-order valence-electron chi connectivity index (χ0n) is 23.3. The Kier molecular flexibility index (Phi) is 10.4. The molecule has 3 N–H and O–H groups in total. The molecule has 1 aromatic heterocycles. The number of aromatic nitrogens is 2. The molecule has 10 heteroatoms. The van der Waals surface area contributed by atoms with Crippen molar-refractivity contribution in [3.8, 4) is 0 Å². The maximum Gasteiger partial charge on any atom is 0.329 e. The van der Waals surface area contributed by atoms with Gasteiger partial charge in [0.1, 0.15) is 29.4 Å². The summed E-state index contributed by atoms with van der Waals surface area (Å²) in [5, 5.41) is 13.3. The standard InChI is InChI=1S/C29H40N4O6/c1-17(2)27-19(4)10-11-26(36)30-12-6-8-18(3)14-23(34)20(5)24(35)15-25-31-16-21(32-25)28(37)33-13-7-9-22(33)29(38)39-27/h6,8,10-11,14,16-17,19-20,22-23,27,34H,7,9,12-13,15H2,1-5H3,(H,30,36)(H,31,32)/b8-6?,11-10+,18-14?/t19-,20+,22-,23-,27-/m1/s1. The first-order chi connectivity index (χ1) is 18.5. The average molecular weight is 541 g/mol. The van der Waals surface area contributed by atoms with Gasteiger partial charge >= 0.3 is 5.97 Å². The summed E-state index contributed by atoms with van der Waals surface area (Å²) in [6.45, 7) is 9.88. The molecule has 5 atom stereocenters. The summed E-state index contributed by atoms with van der Waals surface area (Å²) < 4.78 is 5.90. The van der Waals surface area contributed by atoms with E-state index in [-0.39, 0.29) is 48.1 Å². The Morgan fingerprint density at radius 3 is 2.62 bits per heavy atom. The number of aliphatic hydroxyl groups is 1. The van der Waals surface area contributed by atoms with E-state index >= 15 is 0 Å². The highest BCUT2D eigenvalue weighted by atomic mass is 16.5. The van der Waals surface area contributed by atoms with Crippen LogP contribution in [-0.4, -0.2) is 74.9 Å². The molecule has 1 aromatic rings. The van der Waals surface area contributed by atoms with Crippen LogP contribution < -0.4 is 5.32 Å². The molecule has 2 bridgehead atoms. The fourth-order valence-electron chi connectivity index (χ4n) is 4.83. The van der Waals surface area contributed by atoms with Crippen LogP contribution in [0.4, 0.5) is 0 Å². The Morgan fingerprint density at radius 1 is 1.15 bits per heavy atom. The van der Waals surface area contributed by atoms with E-state index in [2.05, 4.69) is 15.3 Å². The number of amides is 2. The molecule has 0 aromatic carbocycles. The first-order valence-electron chi connectivity index (χ1n) is 13.5. The zero-order valence-corrected chi connectivity index (χ0v) is 23.3. The van der Waals surface area contributed by atoms with Gasteiger partial charge in [0.05, 0.1) is 18.7 Å². The number of nitrogens with one attached hydrogen (secondary N) is 2. The molecule has 39 heavy (non-hydrogen) atoms. The van der Waals surface area contributed by atoms with Gasteiger partial charge in [-0.2, -0.15) is 0 Å². The van der Waals surface area contributed by atoms with Gasteiger partial charge in [0.15, 0.2) is 0 Å². The summed E-state index contributed by atoms with van der Waals surface area (Å²) in [6.07, 6.45) is 9.19. The van der Waals surface area contributed by atoms with Crippen LogP contribution in [0.1, 0.15) is 63.8 Å². The largest absolute Gasteiger partial charge is 0.460 e. The molecular formula is C29H40N4O6. The maximum atomic E-state index is 13.3. The first kappa shape index (κ1) is 30.0. The van der Waals surface area contributed by atoms with E-state index in [0.717, 1.165) is 5.57 Å². The molecule has 2 amide bonds. The van der Waals surface area contributed by atoms with Crippen molar-refractivity contribution in [2.75, 3.05) is 13.1 Å². The fraction of sp³-hybridized carbons (Fsp3) is 0.552. The lowest BCUT2D eigenvalue weighted by molar-refractivity contribution is -0.158. The third-order valence-corrected chi connectivity index (χ3v) is 7.19. The van der Waals surface area contributed by atoms with Gasteiger partial charge < -0.3 is 25.0 Å². The number of cyclic esters (lactones) is 1. The van der Waals surface area contributed by atoms with Crippen LogP contribution in [0.3, 0.4) is 0 Å². The highest BCUT2D eigenvalue weighted by molar-refractivity contribution is 5.95. The lowest BCUT2D eigenvalue weighted by Crippen LogP contribution is -2.44. The maximum absolute atomic E-state index is 13.3. The number of imidazole rings is 1. The van der Waals surface area contributed by atoms with Crippen molar-refractivity contribution in [3.05, 3.63) is 53.7 Å². The summed E-state index contributed by atoms with van der Waals surface area (Å²) in [5.74, 6) is -2.02. The van der Waals surface area contributed by atoms with Crippen molar-refractivity contribution in [1.29, 1.82) is 0 Å². The smallest absolute Gasteiger partial charge is 0.329 e. The second-order valence-electron chi connectivity index (χ2n) is 10.7. The van der Waals surface area contributed by atoms with Crippen molar-refractivity contribution in [2.45, 2.75) is 72.1 Å². The Hall–Kier alpha value is -3.53. The minimum Gasteiger partial charge on any atom is -0.460 e. The van der Waals surface area contributed by atoms with E-state index < -0.39 is 30.1 Å². The Labute approximate surface area is 229 Å². The minimum atomic E-state index is -1.01. The van der Waals surface area contributed by atoms with Crippen LogP contribution in [0.15, 0.2) is 42.2 Å². The molecule has 10 nitrogen and oxygen atoms in total. The van der Waals surface area contributed by atoms with E-state index in [4.69, 9.17) is 4.74 Å². The second kappa shape index (κ2) is 13.5. The van der Waals surface area contributed by atoms with Gasteiger partial charge in [-0.25, -0.2) is 9.78 Å². The fourth-order valence-corrected chi connectivity index (χ4v) is 4.83. The van der Waals surface area contributed by atoms with Crippen LogP contribution in [-0.2, 0) is 25.5 Å². The Morgan fingerprint density at radius 2 is 1.90 bits per heavy atom. The number of esters is 1. The normalized spacial score (nSPS) is 29.1. The van der Waals surface area contributed by atoms with Gasteiger partial charge in [-0.3, -0.25) is 14.4 Å². The van der Waals surface area contributed by atoms with Gasteiger partial charge in [0, 0.05) is 24.9 Å². The monoisotopic (exact) mass is 540 g/mol. The van der Waals surface area contributed by atoms with Crippen LogP contribution in [0.5, 0.6) is 0 Å². The molecule has 0 unspecified atom stereocenters. The molecule has 3 heterocycles. The molecule has 2 aliphatic rings. The molecular weight excluding hydrogens is 500 g/mol. The van der Waals surface area contributed by atoms with Crippen molar-refractivity contribution in [3.63, 3.8) is 0 Å². The molecule has 0 radical (unpaired) electrons. The second-order valence-corrected chi connectivity index (χ2v) is 10.7. The van der Waals surface area contributed by atoms with E-state index in [1.807, 2.05) is 20.8 Å². The molecule has 212 valence electrons. The molecule has 2 aliphatic heterocycles. The number of hydrogen-bond donors (Lipinski definition) is 3. The number of H-pyrrole nitrogens is 1. The minimum absolute atomic E-state index is 0.0140. The van der Waals surface area contributed by atoms with Gasteiger partial charge in [-0.15, -0.1) is 0 Å². The quantitative estimate of drug-likeness (QED) is 0.465. The van der Waals surface area contributed by atoms with Crippen molar-refractivity contribution >= 4 is 23.6 Å². The highest BCUT2D eigenvalue weighted by Gasteiger charge is 2.38. The number of nitrogens with zero attached hydrogens (tertiary/aromatic N) is 2. The SMILES string of the molecule is CC1=C[C@@H](O)[C@H](C)C(=O)Cc2ncc([nH]2)C(=O)N2CCC[C@@H]2C(=O)O[C@H](C(C)C)[C@H](C)/C=C/C(=O)NCC=C1. The van der Waals surface area contributed by atoms with Crippen LogP contribution in [0.2, 0.25) is 0 Å². The van der Waals surface area contributed by atoms with E-state index in [1.165, 1.54) is 17.2 Å². The van der Waals surface area contributed by atoms with Crippen LogP contribution >= 0.6 is 0 Å². The zero-order chi connectivity index (χ0) is 28.7. The summed E-state index contributed by atoms with van der Waals surface area (Å²) >= 11 is 0. The average Bonchev–Trinajstić information content (AvgIpc) is 3.56. The van der Waals surface area contributed by atoms with Crippen LogP contribution in [0.25, 0.3) is 0 Å². The predicted molar refractivity (Wildman–Crippen MR) is 145 cm³/mol. The number of allylic oxidation sites excluding steroid dienone is 2. The molecule has 1 fully saturated rings. The van der Waals surface area contributed by atoms with E-state index in [9.17, 15) is 24.3 Å². The van der Waals surface area contributed by atoms with Crippen molar-refractivity contribution in [1.82, 2.24) is 20.2 Å².